The minimum absolute atomic E-state index is 0.854. The van der Waals surface area contributed by atoms with Crippen molar-refractivity contribution in [1.29, 1.82) is 0 Å². The Bertz CT molecular complexity index is 1340. The Hall–Kier alpha value is -3.92. The number of hydrogen-bond donors (Lipinski definition) is 0. The van der Waals surface area contributed by atoms with Gasteiger partial charge in [0.2, 0.25) is 0 Å². The third-order valence-electron chi connectivity index (χ3n) is 5.25. The van der Waals surface area contributed by atoms with Crippen molar-refractivity contribution in [2.24, 2.45) is 0 Å². The van der Waals surface area contributed by atoms with E-state index in [2.05, 4.69) is 51.8 Å². The molecule has 2 heterocycles. The normalized spacial score (nSPS) is 11.6. The molecule has 0 unspecified atom stereocenters. The first kappa shape index (κ1) is 15.2. The fourth-order valence-electron chi connectivity index (χ4n) is 4.00. The first-order valence-corrected chi connectivity index (χ1v) is 9.19. The Labute approximate surface area is 160 Å². The molecular formula is C24H14N4. The summed E-state index contributed by atoms with van der Waals surface area (Å²) in [5, 5.41) is 16.8. The average molecular weight is 358 g/mol. The van der Waals surface area contributed by atoms with Crippen LogP contribution in [0.15, 0.2) is 84.9 Å². The molecule has 6 rings (SSSR count). The summed E-state index contributed by atoms with van der Waals surface area (Å²) in [5.74, 6) is 0. The third-order valence-corrected chi connectivity index (χ3v) is 5.25. The van der Waals surface area contributed by atoms with Gasteiger partial charge in [-0.05, 0) is 29.5 Å². The van der Waals surface area contributed by atoms with Gasteiger partial charge >= 0.3 is 0 Å². The molecule has 0 aliphatic heterocycles. The Kier molecular flexibility index (Phi) is 3.14. The zero-order valence-electron chi connectivity index (χ0n) is 14.9. The molecule has 0 atom stereocenters. The van der Waals surface area contributed by atoms with E-state index in [1.165, 1.54) is 0 Å². The van der Waals surface area contributed by atoms with E-state index in [1.54, 1.807) is 0 Å². The second kappa shape index (κ2) is 5.79. The number of nitrogens with zero attached hydrogens (tertiary/aromatic N) is 4. The minimum Gasteiger partial charge on any atom is -0.246 e. The molecule has 6 aromatic rings. The van der Waals surface area contributed by atoms with Gasteiger partial charge in [-0.1, -0.05) is 60.7 Å². The third kappa shape index (κ3) is 2.12. The van der Waals surface area contributed by atoms with E-state index >= 15 is 0 Å². The molecule has 0 radical (unpaired) electrons. The molecule has 0 amide bonds. The van der Waals surface area contributed by atoms with Crippen LogP contribution in [0.3, 0.4) is 0 Å². The number of rotatable bonds is 2. The molecule has 130 valence electrons. The lowest BCUT2D eigenvalue weighted by molar-refractivity contribution is 0.918. The predicted molar refractivity (Wildman–Crippen MR) is 112 cm³/mol. The van der Waals surface area contributed by atoms with Crippen LogP contribution in [-0.2, 0) is 0 Å². The molecule has 0 aliphatic carbocycles. The van der Waals surface area contributed by atoms with Gasteiger partial charge in [-0.2, -0.15) is 0 Å². The van der Waals surface area contributed by atoms with Crippen molar-refractivity contribution in [2.75, 3.05) is 0 Å². The van der Waals surface area contributed by atoms with E-state index in [4.69, 9.17) is 4.98 Å². The van der Waals surface area contributed by atoms with E-state index in [1.807, 2.05) is 48.5 Å². The molecular weight excluding hydrogens is 344 g/mol. The maximum atomic E-state index is 5.14. The smallest absolute Gasteiger partial charge is 0.0976 e. The first-order chi connectivity index (χ1) is 13.9. The van der Waals surface area contributed by atoms with Crippen molar-refractivity contribution in [3.05, 3.63) is 84.9 Å². The van der Waals surface area contributed by atoms with Gasteiger partial charge in [-0.3, -0.25) is 0 Å². The quantitative estimate of drug-likeness (QED) is 0.384. The second-order valence-corrected chi connectivity index (χ2v) is 6.85. The highest BCUT2D eigenvalue weighted by Crippen LogP contribution is 2.40. The Morgan fingerprint density at radius 3 is 1.46 bits per heavy atom. The highest BCUT2D eigenvalue weighted by molar-refractivity contribution is 6.25. The zero-order chi connectivity index (χ0) is 18.5. The van der Waals surface area contributed by atoms with Crippen LogP contribution in [0.4, 0.5) is 0 Å². The highest BCUT2D eigenvalue weighted by atomic mass is 15.3. The summed E-state index contributed by atoms with van der Waals surface area (Å²) in [4.78, 5) is 5.14. The lowest BCUT2D eigenvalue weighted by Gasteiger charge is -2.16. The van der Waals surface area contributed by atoms with Crippen LogP contribution < -0.4 is 0 Å². The summed E-state index contributed by atoms with van der Waals surface area (Å²) in [6.07, 6.45) is 0. The number of aromatic nitrogens is 4. The van der Waals surface area contributed by atoms with E-state index in [0.29, 0.717) is 0 Å². The summed E-state index contributed by atoms with van der Waals surface area (Å²) < 4.78 is 0. The van der Waals surface area contributed by atoms with Crippen molar-refractivity contribution < 1.29 is 0 Å². The molecule has 4 heteroatoms. The molecule has 4 nitrogen and oxygen atoms in total. The van der Waals surface area contributed by atoms with E-state index < -0.39 is 0 Å². The lowest BCUT2D eigenvalue weighted by atomic mass is 9.93. The van der Waals surface area contributed by atoms with Crippen LogP contribution in [0.2, 0.25) is 0 Å². The maximum absolute atomic E-state index is 5.14. The molecule has 0 N–H and O–H groups in total. The van der Waals surface area contributed by atoms with Gasteiger partial charge < -0.3 is 0 Å². The SMILES string of the molecule is c1ccc(-c2nc(-c3ccccc3)c3ccc4nnnc5ccc2c3c54)cc1. The fraction of sp³-hybridized carbons (Fsp3) is 0. The van der Waals surface area contributed by atoms with E-state index in [-0.39, 0.29) is 0 Å². The minimum atomic E-state index is 0.854. The number of hydrogen-bond acceptors (Lipinski definition) is 4. The van der Waals surface area contributed by atoms with Gasteiger partial charge in [0.15, 0.2) is 0 Å². The largest absolute Gasteiger partial charge is 0.246 e. The van der Waals surface area contributed by atoms with Gasteiger partial charge in [0.1, 0.15) is 0 Å². The van der Waals surface area contributed by atoms with Gasteiger partial charge in [-0.15, -0.1) is 10.2 Å². The molecule has 0 aliphatic rings. The zero-order valence-corrected chi connectivity index (χ0v) is 14.9. The molecule has 0 saturated carbocycles. The van der Waals surface area contributed by atoms with Crippen molar-refractivity contribution in [3.63, 3.8) is 0 Å². The summed E-state index contributed by atoms with van der Waals surface area (Å²) in [7, 11) is 0. The standard InChI is InChI=1S/C24H14N4/c1-3-7-15(8-4-1)23-17-11-13-19-22-20(27-28-26-19)14-12-18(21(17)22)24(25-23)16-9-5-2-6-10-16/h1-14H. The van der Waals surface area contributed by atoms with Gasteiger partial charge in [0.05, 0.1) is 22.4 Å². The monoisotopic (exact) mass is 358 g/mol. The Morgan fingerprint density at radius 1 is 0.464 bits per heavy atom. The molecule has 0 spiro atoms. The van der Waals surface area contributed by atoms with Crippen molar-refractivity contribution in [3.8, 4) is 22.5 Å². The highest BCUT2D eigenvalue weighted by Gasteiger charge is 2.18. The van der Waals surface area contributed by atoms with Crippen molar-refractivity contribution in [2.45, 2.75) is 0 Å². The summed E-state index contributed by atoms with van der Waals surface area (Å²) >= 11 is 0. The van der Waals surface area contributed by atoms with Gasteiger partial charge in [0, 0.05) is 32.7 Å². The molecule has 28 heavy (non-hydrogen) atoms. The van der Waals surface area contributed by atoms with Crippen LogP contribution in [0.25, 0.3) is 55.1 Å². The summed E-state index contributed by atoms with van der Waals surface area (Å²) in [6, 6.07) is 28.9. The van der Waals surface area contributed by atoms with Gasteiger partial charge in [0.25, 0.3) is 0 Å². The lowest BCUT2D eigenvalue weighted by Crippen LogP contribution is -1.97. The maximum Gasteiger partial charge on any atom is 0.0976 e. The Morgan fingerprint density at radius 2 is 0.964 bits per heavy atom. The van der Waals surface area contributed by atoms with Crippen LogP contribution in [0.5, 0.6) is 0 Å². The fourth-order valence-corrected chi connectivity index (χ4v) is 4.00. The molecule has 0 bridgehead atoms. The summed E-state index contributed by atoms with van der Waals surface area (Å²) in [5.41, 5.74) is 5.84. The van der Waals surface area contributed by atoms with Crippen molar-refractivity contribution in [1.82, 2.24) is 20.4 Å². The number of benzene rings is 4. The van der Waals surface area contributed by atoms with E-state index in [0.717, 1.165) is 55.1 Å². The van der Waals surface area contributed by atoms with Crippen molar-refractivity contribution >= 4 is 32.6 Å². The molecule has 0 saturated heterocycles. The topological polar surface area (TPSA) is 51.6 Å². The number of pyridine rings is 1. The van der Waals surface area contributed by atoms with Crippen LogP contribution in [0, 0.1) is 0 Å². The first-order valence-electron chi connectivity index (χ1n) is 9.19. The van der Waals surface area contributed by atoms with Crippen LogP contribution in [0.1, 0.15) is 0 Å². The van der Waals surface area contributed by atoms with E-state index in [9.17, 15) is 0 Å². The molecule has 2 aromatic heterocycles. The Balaban J connectivity index is 1.86. The van der Waals surface area contributed by atoms with Gasteiger partial charge in [-0.25, -0.2) is 4.98 Å². The van der Waals surface area contributed by atoms with Crippen LogP contribution in [-0.4, -0.2) is 20.4 Å². The second-order valence-electron chi connectivity index (χ2n) is 6.85. The molecule has 0 fully saturated rings. The molecule has 4 aromatic carbocycles. The summed E-state index contributed by atoms with van der Waals surface area (Å²) in [6.45, 7) is 0. The average Bonchev–Trinajstić information content (AvgIpc) is 2.78. The van der Waals surface area contributed by atoms with Crippen LogP contribution >= 0.6 is 0 Å². The predicted octanol–water partition coefficient (Wildman–Crippen LogP) is 5.50.